The number of hydrogen-bond acceptors (Lipinski definition) is 0. The molecule has 0 spiro atoms. The van der Waals surface area contributed by atoms with Crippen LogP contribution in [-0.4, -0.2) is 11.8 Å². The van der Waals surface area contributed by atoms with Gasteiger partial charge in [0.2, 0.25) is 0 Å². The molecule has 0 aromatic heterocycles. The molecule has 4 atom stereocenters. The van der Waals surface area contributed by atoms with Gasteiger partial charge in [-0.05, 0) is 18.3 Å². The molecule has 0 saturated heterocycles. The first-order chi connectivity index (χ1) is 5.96. The van der Waals surface area contributed by atoms with E-state index in [0.29, 0.717) is 6.42 Å². The summed E-state index contributed by atoms with van der Waals surface area (Å²) in [6.07, 6.45) is 3.85. The van der Waals surface area contributed by atoms with Crippen molar-refractivity contribution in [1.82, 2.24) is 0 Å². The average molecular weight is 192 g/mol. The Morgan fingerprint density at radius 2 is 1.23 bits per heavy atom. The molecule has 13 heavy (non-hydrogen) atoms. The van der Waals surface area contributed by atoms with Crippen LogP contribution in [0, 0.1) is 23.7 Å². The fourth-order valence-corrected chi connectivity index (χ4v) is 3.16. The maximum absolute atomic E-state index is 12.9. The number of alkyl halides is 4. The van der Waals surface area contributed by atoms with Gasteiger partial charge in [0.25, 0.3) is 0 Å². The van der Waals surface area contributed by atoms with Crippen molar-refractivity contribution < 1.29 is 17.6 Å². The van der Waals surface area contributed by atoms with Crippen molar-refractivity contribution in [3.05, 3.63) is 12.2 Å². The van der Waals surface area contributed by atoms with E-state index >= 15 is 0 Å². The van der Waals surface area contributed by atoms with Crippen LogP contribution >= 0.6 is 0 Å². The van der Waals surface area contributed by atoms with E-state index < -0.39 is 23.7 Å². The predicted octanol–water partition coefficient (Wildman–Crippen LogP) is 2.71. The van der Waals surface area contributed by atoms with Crippen molar-refractivity contribution >= 4 is 0 Å². The highest BCUT2D eigenvalue weighted by molar-refractivity contribution is 5.27. The Hall–Kier alpha value is -0.540. The van der Waals surface area contributed by atoms with Crippen molar-refractivity contribution in [2.24, 2.45) is 23.7 Å². The monoisotopic (exact) mass is 192 g/mol. The van der Waals surface area contributed by atoms with Crippen LogP contribution in [0.15, 0.2) is 12.2 Å². The van der Waals surface area contributed by atoms with Crippen molar-refractivity contribution in [3.8, 4) is 0 Å². The zero-order valence-electron chi connectivity index (χ0n) is 6.68. The van der Waals surface area contributed by atoms with Crippen LogP contribution in [0.2, 0.25) is 0 Å². The van der Waals surface area contributed by atoms with E-state index in [0.717, 1.165) is 0 Å². The molecule has 0 aromatic carbocycles. The van der Waals surface area contributed by atoms with Gasteiger partial charge in [-0.2, -0.15) is 17.6 Å². The maximum Gasteiger partial charge on any atom is 0.314 e. The molecule has 3 rings (SSSR count). The fraction of sp³-hybridized carbons (Fsp3) is 0.778. The second kappa shape index (κ2) is 1.79. The summed E-state index contributed by atoms with van der Waals surface area (Å²) in [5.74, 6) is -10.3. The molecule has 0 radical (unpaired) electrons. The first-order valence-electron chi connectivity index (χ1n) is 4.40. The number of halogens is 4. The normalized spacial score (nSPS) is 53.2. The number of fused-ring (bicyclic) bond motifs is 5. The van der Waals surface area contributed by atoms with Crippen molar-refractivity contribution in [1.29, 1.82) is 0 Å². The van der Waals surface area contributed by atoms with Gasteiger partial charge in [-0.15, -0.1) is 0 Å². The molecular formula is C9H8F4. The molecule has 2 bridgehead atoms. The molecule has 4 heteroatoms. The summed E-state index contributed by atoms with van der Waals surface area (Å²) >= 11 is 0. The maximum atomic E-state index is 12.9. The van der Waals surface area contributed by atoms with Crippen LogP contribution in [-0.2, 0) is 0 Å². The van der Waals surface area contributed by atoms with Gasteiger partial charge >= 0.3 is 11.8 Å². The first kappa shape index (κ1) is 7.83. The molecule has 3 aliphatic carbocycles. The van der Waals surface area contributed by atoms with E-state index in [1.165, 1.54) is 0 Å². The lowest BCUT2D eigenvalue weighted by molar-refractivity contribution is -0.355. The summed E-state index contributed by atoms with van der Waals surface area (Å²) in [6, 6.07) is 0. The minimum Gasteiger partial charge on any atom is -0.200 e. The number of rotatable bonds is 0. The largest absolute Gasteiger partial charge is 0.314 e. The summed E-state index contributed by atoms with van der Waals surface area (Å²) in [5, 5.41) is 0. The molecule has 0 aliphatic heterocycles. The van der Waals surface area contributed by atoms with Gasteiger partial charge in [0, 0.05) is 11.8 Å². The Balaban J connectivity index is 2.04. The zero-order valence-corrected chi connectivity index (χ0v) is 6.68. The third-order valence-electron chi connectivity index (χ3n) is 3.74. The highest BCUT2D eigenvalue weighted by atomic mass is 19.3. The Kier molecular flexibility index (Phi) is 1.08. The van der Waals surface area contributed by atoms with Gasteiger partial charge in [-0.25, -0.2) is 0 Å². The van der Waals surface area contributed by atoms with Crippen LogP contribution < -0.4 is 0 Å². The Labute approximate surface area is 72.6 Å². The second-order valence-electron chi connectivity index (χ2n) is 4.25. The van der Waals surface area contributed by atoms with Crippen LogP contribution in [0.3, 0.4) is 0 Å². The van der Waals surface area contributed by atoms with Crippen molar-refractivity contribution in [3.63, 3.8) is 0 Å². The molecular weight excluding hydrogens is 184 g/mol. The van der Waals surface area contributed by atoms with Gasteiger partial charge < -0.3 is 0 Å². The van der Waals surface area contributed by atoms with Gasteiger partial charge in [0.1, 0.15) is 0 Å². The molecule has 2 saturated carbocycles. The lowest BCUT2D eigenvalue weighted by atomic mass is 9.61. The minimum atomic E-state index is -3.76. The molecule has 2 unspecified atom stereocenters. The zero-order chi connectivity index (χ0) is 9.43. The van der Waals surface area contributed by atoms with E-state index in [9.17, 15) is 17.6 Å². The van der Waals surface area contributed by atoms with Crippen molar-refractivity contribution in [2.75, 3.05) is 0 Å². The summed E-state index contributed by atoms with van der Waals surface area (Å²) in [6.45, 7) is 0. The second-order valence-corrected chi connectivity index (χ2v) is 4.25. The summed E-state index contributed by atoms with van der Waals surface area (Å²) in [7, 11) is 0. The smallest absolute Gasteiger partial charge is 0.200 e. The molecule has 0 nitrogen and oxygen atoms in total. The average Bonchev–Trinajstić information content (AvgIpc) is 2.60. The first-order valence-corrected chi connectivity index (χ1v) is 4.40. The quantitative estimate of drug-likeness (QED) is 0.409. The predicted molar refractivity (Wildman–Crippen MR) is 37.6 cm³/mol. The SMILES string of the molecule is FC1(F)C2C([C@H]3C=C[C@@H]2C3)C1(F)F. The molecule has 0 aromatic rings. The van der Waals surface area contributed by atoms with E-state index in [1.807, 2.05) is 0 Å². The number of hydrogen-bond donors (Lipinski definition) is 0. The molecule has 0 heterocycles. The highest BCUT2D eigenvalue weighted by Crippen LogP contribution is 2.71. The molecule has 0 N–H and O–H groups in total. The lowest BCUT2D eigenvalue weighted by Gasteiger charge is -2.51. The van der Waals surface area contributed by atoms with E-state index in [-0.39, 0.29) is 11.8 Å². The summed E-state index contributed by atoms with van der Waals surface area (Å²) in [5.41, 5.74) is 0. The summed E-state index contributed by atoms with van der Waals surface area (Å²) in [4.78, 5) is 0. The summed E-state index contributed by atoms with van der Waals surface area (Å²) < 4.78 is 51.8. The highest BCUT2D eigenvalue weighted by Gasteiger charge is 2.83. The Morgan fingerprint density at radius 1 is 0.846 bits per heavy atom. The van der Waals surface area contributed by atoms with Crippen LogP contribution in [0.1, 0.15) is 6.42 Å². The van der Waals surface area contributed by atoms with Gasteiger partial charge in [0.15, 0.2) is 0 Å². The van der Waals surface area contributed by atoms with E-state index in [1.54, 1.807) is 12.2 Å². The third kappa shape index (κ3) is 0.597. The fourth-order valence-electron chi connectivity index (χ4n) is 3.16. The van der Waals surface area contributed by atoms with Crippen LogP contribution in [0.4, 0.5) is 17.6 Å². The van der Waals surface area contributed by atoms with Gasteiger partial charge in [0.05, 0.1) is 0 Å². The number of allylic oxidation sites excluding steroid dienone is 2. The molecule has 72 valence electrons. The minimum absolute atomic E-state index is 0.301. The van der Waals surface area contributed by atoms with Crippen LogP contribution in [0.5, 0.6) is 0 Å². The Morgan fingerprint density at radius 3 is 1.62 bits per heavy atom. The van der Waals surface area contributed by atoms with Gasteiger partial charge in [-0.1, -0.05) is 12.2 Å². The molecule has 3 aliphatic rings. The van der Waals surface area contributed by atoms with Gasteiger partial charge in [-0.3, -0.25) is 0 Å². The van der Waals surface area contributed by atoms with Crippen molar-refractivity contribution in [2.45, 2.75) is 18.3 Å². The standard InChI is InChI=1S/C9H8F4/c10-8(11)6-4-1-2-5(3-4)7(6)9(8,12)13/h1-2,4-7H,3H2/t4-,5+,6?,7?. The Bertz CT molecular complexity index is 266. The third-order valence-corrected chi connectivity index (χ3v) is 3.74. The van der Waals surface area contributed by atoms with Crippen LogP contribution in [0.25, 0.3) is 0 Å². The molecule has 2 fully saturated rings. The van der Waals surface area contributed by atoms with E-state index in [4.69, 9.17) is 0 Å². The van der Waals surface area contributed by atoms with E-state index in [2.05, 4.69) is 0 Å². The topological polar surface area (TPSA) is 0 Å². The molecule has 0 amide bonds. The lowest BCUT2D eigenvalue weighted by Crippen LogP contribution is -2.67.